The van der Waals surface area contributed by atoms with E-state index in [0.717, 1.165) is 9.80 Å². The number of imide groups is 2. The minimum Gasteiger partial charge on any atom is -0.398 e. The molecule has 0 radical (unpaired) electrons. The van der Waals surface area contributed by atoms with E-state index in [1.165, 1.54) is 29.9 Å². The molecule has 0 atom stereocenters. The molecule has 0 aromatic carbocycles. The maximum atomic E-state index is 11.6. The average molecular weight is 278 g/mol. The Kier molecular flexibility index (Phi) is 3.55. The summed E-state index contributed by atoms with van der Waals surface area (Å²) in [5.74, 6) is -1.67. The van der Waals surface area contributed by atoms with Crippen LogP contribution >= 0.6 is 0 Å². The maximum absolute atomic E-state index is 11.6. The minimum absolute atomic E-state index is 0.0784. The van der Waals surface area contributed by atoms with Crippen LogP contribution in [0.25, 0.3) is 0 Å². The summed E-state index contributed by atoms with van der Waals surface area (Å²) >= 11 is 0. The van der Waals surface area contributed by atoms with Gasteiger partial charge in [0.15, 0.2) is 0 Å². The molecule has 1 fully saturated rings. The molecule has 2 N–H and O–H groups in total. The van der Waals surface area contributed by atoms with Gasteiger partial charge in [0, 0.05) is 38.1 Å². The second-order valence-corrected chi connectivity index (χ2v) is 4.45. The first kappa shape index (κ1) is 13.8. The lowest BCUT2D eigenvalue weighted by molar-refractivity contribution is -0.142. The molecule has 2 heterocycles. The fourth-order valence-corrected chi connectivity index (χ4v) is 1.93. The second kappa shape index (κ2) is 5.16. The molecule has 1 aliphatic heterocycles. The second-order valence-electron chi connectivity index (χ2n) is 4.45. The Morgan fingerprint density at radius 2 is 1.75 bits per heavy atom. The number of nitrogens with zero attached hydrogens (tertiary/aromatic N) is 3. The Morgan fingerprint density at radius 3 is 2.35 bits per heavy atom. The smallest absolute Gasteiger partial charge is 0.333 e. The highest BCUT2D eigenvalue weighted by atomic mass is 16.2. The Morgan fingerprint density at radius 1 is 1.05 bits per heavy atom. The van der Waals surface area contributed by atoms with Crippen molar-refractivity contribution in [1.29, 1.82) is 0 Å². The normalized spacial score (nSPS) is 15.3. The van der Waals surface area contributed by atoms with Gasteiger partial charge in [-0.3, -0.25) is 24.2 Å². The highest BCUT2D eigenvalue weighted by molar-refractivity contribution is 6.44. The monoisotopic (exact) mass is 278 g/mol. The van der Waals surface area contributed by atoms with Crippen LogP contribution in [0.15, 0.2) is 23.1 Å². The fraction of sp³-hybridized carbons (Fsp3) is 0.333. The number of urea groups is 1. The van der Waals surface area contributed by atoms with Crippen LogP contribution in [0.4, 0.5) is 10.5 Å². The van der Waals surface area contributed by atoms with Crippen molar-refractivity contribution in [1.82, 2.24) is 14.4 Å². The lowest BCUT2D eigenvalue weighted by Gasteiger charge is -2.13. The Bertz CT molecular complexity index is 637. The van der Waals surface area contributed by atoms with Crippen molar-refractivity contribution in [3.05, 3.63) is 28.7 Å². The summed E-state index contributed by atoms with van der Waals surface area (Å²) in [5, 5.41) is 0. The van der Waals surface area contributed by atoms with Crippen LogP contribution < -0.4 is 11.3 Å². The van der Waals surface area contributed by atoms with Crippen molar-refractivity contribution in [2.45, 2.75) is 13.0 Å². The maximum Gasteiger partial charge on any atom is 0.333 e. The SMILES string of the molecule is CN1C(=O)C(=O)N(CCCn2cc(N)ccc2=O)C1=O. The lowest BCUT2D eigenvalue weighted by Crippen LogP contribution is -2.33. The molecule has 1 aliphatic rings. The molecule has 0 unspecified atom stereocenters. The number of nitrogens with two attached hydrogens (primary N) is 1. The molecule has 0 saturated carbocycles. The number of hydrogen-bond donors (Lipinski definition) is 1. The number of aromatic nitrogens is 1. The topological polar surface area (TPSA) is 106 Å². The molecule has 8 heteroatoms. The highest BCUT2D eigenvalue weighted by Crippen LogP contribution is 2.10. The van der Waals surface area contributed by atoms with Crippen molar-refractivity contribution in [3.63, 3.8) is 0 Å². The van der Waals surface area contributed by atoms with Crippen LogP contribution in [-0.4, -0.2) is 45.8 Å². The van der Waals surface area contributed by atoms with E-state index in [-0.39, 0.29) is 12.1 Å². The zero-order valence-corrected chi connectivity index (χ0v) is 10.9. The zero-order chi connectivity index (χ0) is 14.9. The molecule has 20 heavy (non-hydrogen) atoms. The predicted octanol–water partition coefficient (Wildman–Crippen LogP) is -0.759. The van der Waals surface area contributed by atoms with E-state index < -0.39 is 17.8 Å². The average Bonchev–Trinajstić information content (AvgIpc) is 2.60. The predicted molar refractivity (Wildman–Crippen MR) is 69.6 cm³/mol. The molecule has 1 aromatic heterocycles. The van der Waals surface area contributed by atoms with Crippen LogP contribution in [0.2, 0.25) is 0 Å². The molecule has 106 valence electrons. The first-order valence-corrected chi connectivity index (χ1v) is 6.01. The molecule has 2 rings (SSSR count). The molecule has 8 nitrogen and oxygen atoms in total. The summed E-state index contributed by atoms with van der Waals surface area (Å²) in [6.07, 6.45) is 1.86. The van der Waals surface area contributed by atoms with Gasteiger partial charge < -0.3 is 10.3 Å². The Labute approximate surface area is 114 Å². The molecule has 1 saturated heterocycles. The fourth-order valence-electron chi connectivity index (χ4n) is 1.93. The number of amides is 4. The van der Waals surface area contributed by atoms with E-state index in [2.05, 4.69) is 0 Å². The molecule has 0 spiro atoms. The van der Waals surface area contributed by atoms with Gasteiger partial charge in [-0.05, 0) is 12.5 Å². The number of carbonyl (C=O) groups is 3. The number of aryl methyl sites for hydroxylation is 1. The van der Waals surface area contributed by atoms with Gasteiger partial charge in [-0.1, -0.05) is 0 Å². The van der Waals surface area contributed by atoms with Crippen LogP contribution in [0.1, 0.15) is 6.42 Å². The molecule has 0 aliphatic carbocycles. The number of rotatable bonds is 4. The van der Waals surface area contributed by atoms with E-state index in [1.54, 1.807) is 0 Å². The van der Waals surface area contributed by atoms with Crippen LogP contribution in [-0.2, 0) is 16.1 Å². The van der Waals surface area contributed by atoms with Gasteiger partial charge in [0.1, 0.15) is 0 Å². The summed E-state index contributed by atoms with van der Waals surface area (Å²) in [6.45, 7) is 0.383. The van der Waals surface area contributed by atoms with Crippen molar-refractivity contribution < 1.29 is 14.4 Å². The van der Waals surface area contributed by atoms with Crippen molar-refractivity contribution >= 4 is 23.5 Å². The number of likely N-dealkylation sites (N-methyl/N-ethyl adjacent to an activating group) is 1. The van der Waals surface area contributed by atoms with Gasteiger partial charge in [-0.25, -0.2) is 4.79 Å². The van der Waals surface area contributed by atoms with Gasteiger partial charge in [0.05, 0.1) is 0 Å². The van der Waals surface area contributed by atoms with Gasteiger partial charge in [-0.2, -0.15) is 0 Å². The number of pyridine rings is 1. The largest absolute Gasteiger partial charge is 0.398 e. The summed E-state index contributed by atoms with van der Waals surface area (Å²) < 4.78 is 1.39. The molecular formula is C12H14N4O4. The third kappa shape index (κ3) is 2.40. The van der Waals surface area contributed by atoms with Gasteiger partial charge in [-0.15, -0.1) is 0 Å². The molecular weight excluding hydrogens is 264 g/mol. The summed E-state index contributed by atoms with van der Waals surface area (Å²) in [6, 6.07) is 2.21. The summed E-state index contributed by atoms with van der Waals surface area (Å²) in [7, 11) is 1.25. The van der Waals surface area contributed by atoms with E-state index in [4.69, 9.17) is 5.73 Å². The van der Waals surface area contributed by atoms with Crippen molar-refractivity contribution in [2.75, 3.05) is 19.3 Å². The number of hydrogen-bond acceptors (Lipinski definition) is 5. The third-order valence-electron chi connectivity index (χ3n) is 3.04. The zero-order valence-electron chi connectivity index (χ0n) is 10.9. The van der Waals surface area contributed by atoms with Crippen LogP contribution in [0, 0.1) is 0 Å². The van der Waals surface area contributed by atoms with Crippen molar-refractivity contribution in [3.8, 4) is 0 Å². The Balaban J connectivity index is 1.98. The molecule has 4 amide bonds. The van der Waals surface area contributed by atoms with Crippen LogP contribution in [0.3, 0.4) is 0 Å². The van der Waals surface area contributed by atoms with Crippen molar-refractivity contribution in [2.24, 2.45) is 0 Å². The molecule has 1 aromatic rings. The third-order valence-corrected chi connectivity index (χ3v) is 3.04. The van der Waals surface area contributed by atoms with Gasteiger partial charge in [0.2, 0.25) is 0 Å². The van der Waals surface area contributed by atoms with E-state index in [9.17, 15) is 19.2 Å². The first-order valence-electron chi connectivity index (χ1n) is 6.01. The first-order chi connectivity index (χ1) is 9.41. The standard InChI is InChI=1S/C12H14N4O4/c1-14-10(18)11(19)16(12(14)20)6-2-5-15-7-8(13)3-4-9(15)17/h3-4,7H,2,5-6,13H2,1H3. The van der Waals surface area contributed by atoms with Gasteiger partial charge in [0.25, 0.3) is 5.56 Å². The Hall–Kier alpha value is -2.64. The minimum atomic E-state index is -0.837. The van der Waals surface area contributed by atoms with E-state index in [0.29, 0.717) is 18.7 Å². The summed E-state index contributed by atoms with van der Waals surface area (Å²) in [5.41, 5.74) is 5.81. The van der Waals surface area contributed by atoms with E-state index in [1.807, 2.05) is 0 Å². The number of nitrogen functional groups attached to an aromatic ring is 1. The number of anilines is 1. The highest BCUT2D eigenvalue weighted by Gasteiger charge is 2.41. The number of carbonyl (C=O) groups excluding carboxylic acids is 3. The summed E-state index contributed by atoms with van der Waals surface area (Å²) in [4.78, 5) is 47.6. The van der Waals surface area contributed by atoms with Gasteiger partial charge >= 0.3 is 17.8 Å². The molecule has 0 bridgehead atoms. The quantitative estimate of drug-likeness (QED) is 0.575. The van der Waals surface area contributed by atoms with Crippen LogP contribution in [0.5, 0.6) is 0 Å². The lowest BCUT2D eigenvalue weighted by atomic mass is 10.3. The van der Waals surface area contributed by atoms with E-state index >= 15 is 0 Å².